The van der Waals surface area contributed by atoms with E-state index in [4.69, 9.17) is 37.0 Å². The van der Waals surface area contributed by atoms with Gasteiger partial charge >= 0.3 is 39.5 Å². The quantitative estimate of drug-likeness (QED) is 0.0169. The van der Waals surface area contributed by atoms with E-state index in [1.54, 1.807) is 0 Å². The van der Waals surface area contributed by atoms with Crippen LogP contribution in [-0.4, -0.2) is 96.7 Å². The number of rotatable bonds is 73. The predicted octanol–water partition coefficient (Wildman–Crippen LogP) is 21.9. The lowest BCUT2D eigenvalue weighted by Gasteiger charge is -2.21. The second-order valence-corrected chi connectivity index (χ2v) is 30.6. The summed E-state index contributed by atoms with van der Waals surface area (Å²) in [5, 5.41) is 10.6. The summed E-state index contributed by atoms with van der Waals surface area (Å²) in [6.07, 6.45) is 57.7. The summed E-state index contributed by atoms with van der Waals surface area (Å²) >= 11 is 0. The summed E-state index contributed by atoms with van der Waals surface area (Å²) in [4.78, 5) is 72.7. The zero-order chi connectivity index (χ0) is 70.0. The van der Waals surface area contributed by atoms with E-state index in [2.05, 4.69) is 65.8 Å². The first kappa shape index (κ1) is 92.5. The molecular weight excluding hydrogens is 1250 g/mol. The highest BCUT2D eigenvalue weighted by atomic mass is 31.2. The Morgan fingerprint density at radius 3 is 0.863 bits per heavy atom. The summed E-state index contributed by atoms with van der Waals surface area (Å²) in [6.45, 7) is 9.51. The fraction of sp³-hybridized carbons (Fsp3) is 0.895. The zero-order valence-electron chi connectivity index (χ0n) is 61.5. The first-order valence-corrected chi connectivity index (χ1v) is 41.8. The van der Waals surface area contributed by atoms with E-state index in [-0.39, 0.29) is 25.7 Å². The zero-order valence-corrected chi connectivity index (χ0v) is 63.2. The van der Waals surface area contributed by atoms with Crippen LogP contribution in [0.5, 0.6) is 0 Å². The third kappa shape index (κ3) is 69.8. The second-order valence-electron chi connectivity index (χ2n) is 27.7. The van der Waals surface area contributed by atoms with Crippen molar-refractivity contribution in [1.82, 2.24) is 0 Å². The molecule has 0 bridgehead atoms. The number of carbonyl (C=O) groups excluding carboxylic acids is 4. The number of aliphatic hydroxyl groups excluding tert-OH is 1. The summed E-state index contributed by atoms with van der Waals surface area (Å²) in [6, 6.07) is 0. The van der Waals surface area contributed by atoms with Crippen LogP contribution in [0.25, 0.3) is 0 Å². The molecule has 17 nitrogen and oxygen atoms in total. The number of phosphoric ester groups is 2. The van der Waals surface area contributed by atoms with E-state index < -0.39 is 97.5 Å². The topological polar surface area (TPSA) is 237 Å². The fourth-order valence-corrected chi connectivity index (χ4v) is 12.7. The maximum atomic E-state index is 13.1. The van der Waals surface area contributed by atoms with Crippen LogP contribution in [0.4, 0.5) is 0 Å². The van der Waals surface area contributed by atoms with Gasteiger partial charge in [-0.25, -0.2) is 9.13 Å². The van der Waals surface area contributed by atoms with Gasteiger partial charge in [-0.1, -0.05) is 316 Å². The van der Waals surface area contributed by atoms with Crippen LogP contribution < -0.4 is 0 Å². The highest BCUT2D eigenvalue weighted by Gasteiger charge is 2.30. The lowest BCUT2D eigenvalue weighted by atomic mass is 10.0. The molecule has 0 aromatic rings. The number of allylic oxidation sites excluding steroid dienone is 4. The molecule has 0 saturated heterocycles. The summed E-state index contributed by atoms with van der Waals surface area (Å²) in [5.41, 5.74) is 0. The van der Waals surface area contributed by atoms with Gasteiger partial charge in [0.05, 0.1) is 26.4 Å². The van der Waals surface area contributed by atoms with Gasteiger partial charge in [-0.05, 0) is 63.2 Å². The Bertz CT molecular complexity index is 1930. The van der Waals surface area contributed by atoms with Gasteiger partial charge in [0, 0.05) is 25.7 Å². The van der Waals surface area contributed by atoms with Crippen LogP contribution in [0.15, 0.2) is 24.3 Å². The lowest BCUT2D eigenvalue weighted by Crippen LogP contribution is -2.30. The second kappa shape index (κ2) is 67.4. The van der Waals surface area contributed by atoms with Crippen LogP contribution in [0.2, 0.25) is 0 Å². The van der Waals surface area contributed by atoms with Crippen molar-refractivity contribution in [1.29, 1.82) is 0 Å². The molecule has 0 aromatic carbocycles. The minimum Gasteiger partial charge on any atom is -0.462 e. The van der Waals surface area contributed by atoms with E-state index in [0.29, 0.717) is 25.7 Å². The number of unbranched alkanes of at least 4 members (excludes halogenated alkanes) is 40. The number of ether oxygens (including phenoxy) is 4. The van der Waals surface area contributed by atoms with Crippen molar-refractivity contribution in [3.8, 4) is 0 Å². The van der Waals surface area contributed by atoms with Gasteiger partial charge in [0.2, 0.25) is 0 Å². The number of esters is 4. The smallest absolute Gasteiger partial charge is 0.462 e. The third-order valence-corrected chi connectivity index (χ3v) is 19.0. The SMILES string of the molecule is CCCCCC/C=C\C=C/CCCCCCCC(=O)OC[C@H](COP(=O)(O)OC[C@@H](O)COP(=O)(O)OC[C@@H](COC(=O)CCCCCCCCCCC)OC(=O)CCCCCCCCCCCC(C)C)OC(=O)CCCCCCCCCCCCCCCCCCC(C)C. The number of aliphatic hydroxyl groups is 1. The van der Waals surface area contributed by atoms with Gasteiger partial charge in [0.15, 0.2) is 12.2 Å². The van der Waals surface area contributed by atoms with Gasteiger partial charge in [-0.15, -0.1) is 0 Å². The van der Waals surface area contributed by atoms with Crippen molar-refractivity contribution in [2.45, 2.75) is 387 Å². The molecule has 0 aromatic heterocycles. The van der Waals surface area contributed by atoms with E-state index in [1.807, 2.05) is 0 Å². The maximum absolute atomic E-state index is 13.1. The molecule has 95 heavy (non-hydrogen) atoms. The minimum absolute atomic E-state index is 0.101. The van der Waals surface area contributed by atoms with Crippen molar-refractivity contribution in [2.75, 3.05) is 39.6 Å². The average Bonchev–Trinajstić information content (AvgIpc) is 1.88. The number of hydrogen-bond acceptors (Lipinski definition) is 15. The molecule has 19 heteroatoms. The van der Waals surface area contributed by atoms with Crippen LogP contribution in [0.1, 0.15) is 369 Å². The first-order valence-electron chi connectivity index (χ1n) is 38.8. The molecule has 0 radical (unpaired) electrons. The molecule has 2 unspecified atom stereocenters. The number of hydrogen-bond donors (Lipinski definition) is 3. The normalized spacial score (nSPS) is 14.2. The molecule has 3 N–H and O–H groups in total. The van der Waals surface area contributed by atoms with Gasteiger partial charge in [-0.2, -0.15) is 0 Å². The molecule has 0 saturated carbocycles. The molecule has 0 aliphatic rings. The Morgan fingerprint density at radius 2 is 0.568 bits per heavy atom. The summed E-state index contributed by atoms with van der Waals surface area (Å²) < 4.78 is 68.4. The molecule has 0 aliphatic carbocycles. The highest BCUT2D eigenvalue weighted by Crippen LogP contribution is 2.45. The fourth-order valence-electron chi connectivity index (χ4n) is 11.1. The van der Waals surface area contributed by atoms with E-state index in [0.717, 1.165) is 121 Å². The van der Waals surface area contributed by atoms with Crippen molar-refractivity contribution in [3.63, 3.8) is 0 Å². The van der Waals surface area contributed by atoms with Crippen molar-refractivity contribution in [2.24, 2.45) is 11.8 Å². The molecule has 0 heterocycles. The number of carbonyl (C=O) groups is 4. The molecule has 560 valence electrons. The van der Waals surface area contributed by atoms with E-state index in [9.17, 15) is 43.2 Å². The minimum atomic E-state index is -4.96. The molecule has 0 aliphatic heterocycles. The van der Waals surface area contributed by atoms with Crippen molar-refractivity contribution in [3.05, 3.63) is 24.3 Å². The molecule has 0 rings (SSSR count). The van der Waals surface area contributed by atoms with E-state index >= 15 is 0 Å². The predicted molar refractivity (Wildman–Crippen MR) is 386 cm³/mol. The largest absolute Gasteiger partial charge is 0.472 e. The molecular formula is C76H144O17P2. The monoisotopic (exact) mass is 1390 g/mol. The van der Waals surface area contributed by atoms with Gasteiger partial charge in [0.25, 0.3) is 0 Å². The Kier molecular flexibility index (Phi) is 65.6. The molecule has 0 fully saturated rings. The van der Waals surface area contributed by atoms with Crippen molar-refractivity contribution < 1.29 is 80.2 Å². The van der Waals surface area contributed by atoms with E-state index in [1.165, 1.54) is 167 Å². The van der Waals surface area contributed by atoms with Gasteiger partial charge in [0.1, 0.15) is 19.3 Å². The Hall–Kier alpha value is -2.46. The standard InChI is InChI=1S/C76H144O17P2/c1-7-9-11-13-15-17-18-19-22-26-29-35-41-47-53-59-74(79)87-65-72(92-75(80)60-54-48-42-36-30-27-24-21-20-23-25-28-33-38-44-50-56-68(3)4)67-91-95(84,85)89-63-70(77)62-88-94(82,83)90-66-71(64-86-73(78)58-52-46-40-32-16-14-12-10-8-2)93-76(81)61-55-49-43-37-31-34-39-45-51-57-69(5)6/h17-19,22,68-72,77H,7-16,20-21,23-67H2,1-6H3,(H,82,83)(H,84,85)/b18-17-,22-19-/t70-,71+,72+/m0/s1. The molecule has 5 atom stereocenters. The van der Waals surface area contributed by atoms with Crippen LogP contribution >= 0.6 is 15.6 Å². The van der Waals surface area contributed by atoms with Gasteiger partial charge in [-0.3, -0.25) is 37.3 Å². The van der Waals surface area contributed by atoms with Crippen LogP contribution in [-0.2, 0) is 65.4 Å². The lowest BCUT2D eigenvalue weighted by molar-refractivity contribution is -0.161. The molecule has 0 spiro atoms. The Labute approximate surface area is 580 Å². The van der Waals surface area contributed by atoms with Crippen LogP contribution in [0, 0.1) is 11.8 Å². The average molecular weight is 1390 g/mol. The summed E-state index contributed by atoms with van der Waals surface area (Å²) in [7, 11) is -9.92. The first-order chi connectivity index (χ1) is 45.9. The summed E-state index contributed by atoms with van der Waals surface area (Å²) in [5.74, 6) is -0.606. The van der Waals surface area contributed by atoms with Crippen LogP contribution in [0.3, 0.4) is 0 Å². The maximum Gasteiger partial charge on any atom is 0.472 e. The highest BCUT2D eigenvalue weighted by molar-refractivity contribution is 7.47. The molecule has 0 amide bonds. The van der Waals surface area contributed by atoms with Crippen molar-refractivity contribution >= 4 is 39.5 Å². The Morgan fingerprint density at radius 1 is 0.326 bits per heavy atom. The van der Waals surface area contributed by atoms with Gasteiger partial charge < -0.3 is 33.8 Å². The Balaban J connectivity index is 5.26. The third-order valence-electron chi connectivity index (χ3n) is 17.1. The number of phosphoric acid groups is 2.